The molecule has 0 radical (unpaired) electrons. The van der Waals surface area contributed by atoms with E-state index < -0.39 is 11.5 Å². The van der Waals surface area contributed by atoms with Gasteiger partial charge in [-0.15, -0.1) is 0 Å². The number of halogens is 1. The van der Waals surface area contributed by atoms with Gasteiger partial charge in [-0.3, -0.25) is 0 Å². The van der Waals surface area contributed by atoms with E-state index >= 15 is 0 Å². The Hall–Kier alpha value is -0.960. The van der Waals surface area contributed by atoms with Gasteiger partial charge in [0, 0.05) is 6.20 Å². The molecular weight excluding hydrogens is 169 g/mol. The number of hydrogen-bond donors (Lipinski definition) is 1. The normalized spacial score (nSPS) is 18.6. The SMILES string of the molecule is OC1(CCc2ccc(F)nc2)CC1. The molecule has 0 saturated heterocycles. The van der Waals surface area contributed by atoms with E-state index in [1.807, 2.05) is 0 Å². The quantitative estimate of drug-likeness (QED) is 0.719. The van der Waals surface area contributed by atoms with Crippen molar-refractivity contribution in [3.8, 4) is 0 Å². The summed E-state index contributed by atoms with van der Waals surface area (Å²) in [5.41, 5.74) is 0.565. The summed E-state index contributed by atoms with van der Waals surface area (Å²) in [6.07, 6.45) is 4.88. The molecule has 1 fully saturated rings. The molecule has 0 aromatic carbocycles. The van der Waals surface area contributed by atoms with Crippen LogP contribution in [-0.2, 0) is 6.42 Å². The van der Waals surface area contributed by atoms with Crippen molar-refractivity contribution in [2.24, 2.45) is 0 Å². The molecule has 1 N–H and O–H groups in total. The molecule has 1 aliphatic rings. The fourth-order valence-electron chi connectivity index (χ4n) is 1.33. The van der Waals surface area contributed by atoms with Crippen LogP contribution < -0.4 is 0 Å². The van der Waals surface area contributed by atoms with E-state index in [1.165, 1.54) is 12.3 Å². The van der Waals surface area contributed by atoms with E-state index in [9.17, 15) is 9.50 Å². The molecule has 1 heterocycles. The maximum Gasteiger partial charge on any atom is 0.212 e. The molecule has 1 aromatic heterocycles. The Morgan fingerprint density at radius 1 is 1.46 bits per heavy atom. The van der Waals surface area contributed by atoms with Crippen molar-refractivity contribution in [3.63, 3.8) is 0 Å². The lowest BCUT2D eigenvalue weighted by Crippen LogP contribution is -2.07. The van der Waals surface area contributed by atoms with Gasteiger partial charge in [0.05, 0.1) is 5.60 Å². The minimum absolute atomic E-state index is 0.422. The predicted octanol–water partition coefficient (Wildman–Crippen LogP) is 1.68. The van der Waals surface area contributed by atoms with E-state index in [2.05, 4.69) is 4.98 Å². The van der Waals surface area contributed by atoms with Gasteiger partial charge in [0.25, 0.3) is 0 Å². The van der Waals surface area contributed by atoms with Gasteiger partial charge in [0.2, 0.25) is 5.95 Å². The van der Waals surface area contributed by atoms with E-state index in [4.69, 9.17) is 0 Å². The Balaban J connectivity index is 1.91. The molecule has 3 heteroatoms. The van der Waals surface area contributed by atoms with Crippen molar-refractivity contribution >= 4 is 0 Å². The maximum absolute atomic E-state index is 12.4. The van der Waals surface area contributed by atoms with Crippen LogP contribution in [-0.4, -0.2) is 15.7 Å². The lowest BCUT2D eigenvalue weighted by atomic mass is 10.1. The molecule has 1 aliphatic carbocycles. The van der Waals surface area contributed by atoms with Gasteiger partial charge < -0.3 is 5.11 Å². The summed E-state index contributed by atoms with van der Waals surface area (Å²) >= 11 is 0. The first kappa shape index (κ1) is 8.63. The third-order valence-electron chi connectivity index (χ3n) is 2.49. The smallest absolute Gasteiger partial charge is 0.212 e. The van der Waals surface area contributed by atoms with Crippen LogP contribution in [0.2, 0.25) is 0 Å². The Kier molecular flexibility index (Phi) is 2.04. The number of aryl methyl sites for hydroxylation is 1. The van der Waals surface area contributed by atoms with Crippen LogP contribution in [0.4, 0.5) is 4.39 Å². The number of hydrogen-bond acceptors (Lipinski definition) is 2. The minimum Gasteiger partial charge on any atom is -0.390 e. The average Bonchev–Trinajstić information content (AvgIpc) is 2.84. The Morgan fingerprint density at radius 2 is 2.23 bits per heavy atom. The second-order valence-corrected chi connectivity index (χ2v) is 3.71. The zero-order valence-corrected chi connectivity index (χ0v) is 7.33. The number of aromatic nitrogens is 1. The fourth-order valence-corrected chi connectivity index (χ4v) is 1.33. The van der Waals surface area contributed by atoms with Gasteiger partial charge in [0.1, 0.15) is 0 Å². The van der Waals surface area contributed by atoms with Crippen molar-refractivity contribution in [3.05, 3.63) is 29.8 Å². The standard InChI is InChI=1S/C10H12FNO/c11-9-2-1-8(7-12-9)3-4-10(13)5-6-10/h1-2,7,13H,3-6H2. The second-order valence-electron chi connectivity index (χ2n) is 3.71. The highest BCUT2D eigenvalue weighted by Gasteiger charge is 2.39. The van der Waals surface area contributed by atoms with Crippen LogP contribution >= 0.6 is 0 Å². The van der Waals surface area contributed by atoms with E-state index in [-0.39, 0.29) is 0 Å². The van der Waals surface area contributed by atoms with Gasteiger partial charge in [-0.1, -0.05) is 6.07 Å². The predicted molar refractivity (Wildman–Crippen MR) is 46.7 cm³/mol. The molecule has 2 rings (SSSR count). The summed E-state index contributed by atoms with van der Waals surface area (Å²) < 4.78 is 12.4. The molecular formula is C10H12FNO. The zero-order chi connectivity index (χ0) is 9.31. The number of aliphatic hydroxyl groups is 1. The first-order valence-corrected chi connectivity index (χ1v) is 4.51. The summed E-state index contributed by atoms with van der Waals surface area (Å²) in [6.45, 7) is 0. The molecule has 0 atom stereocenters. The second kappa shape index (κ2) is 3.07. The lowest BCUT2D eigenvalue weighted by Gasteiger charge is -2.05. The molecule has 70 valence electrons. The van der Waals surface area contributed by atoms with Crippen molar-refractivity contribution < 1.29 is 9.50 Å². The van der Waals surface area contributed by atoms with Crippen molar-refractivity contribution in [1.29, 1.82) is 0 Å². The van der Waals surface area contributed by atoms with Gasteiger partial charge in [-0.25, -0.2) is 4.98 Å². The van der Waals surface area contributed by atoms with Crippen molar-refractivity contribution in [2.45, 2.75) is 31.3 Å². The highest BCUT2D eigenvalue weighted by Crippen LogP contribution is 2.39. The monoisotopic (exact) mass is 181 g/mol. The van der Waals surface area contributed by atoms with E-state index in [1.54, 1.807) is 6.07 Å². The molecule has 0 amide bonds. The summed E-state index contributed by atoms with van der Waals surface area (Å²) in [7, 11) is 0. The largest absolute Gasteiger partial charge is 0.390 e. The first-order valence-electron chi connectivity index (χ1n) is 4.51. The van der Waals surface area contributed by atoms with Crippen LogP contribution in [0.15, 0.2) is 18.3 Å². The third kappa shape index (κ3) is 2.25. The lowest BCUT2D eigenvalue weighted by molar-refractivity contribution is 0.140. The number of pyridine rings is 1. The molecule has 0 aliphatic heterocycles. The first-order chi connectivity index (χ1) is 6.18. The minimum atomic E-state index is -0.450. The Labute approximate surface area is 76.4 Å². The van der Waals surface area contributed by atoms with Crippen LogP contribution in [0.25, 0.3) is 0 Å². The van der Waals surface area contributed by atoms with Gasteiger partial charge >= 0.3 is 0 Å². The van der Waals surface area contributed by atoms with Crippen molar-refractivity contribution in [2.75, 3.05) is 0 Å². The van der Waals surface area contributed by atoms with Gasteiger partial charge in [-0.2, -0.15) is 4.39 Å². The molecule has 13 heavy (non-hydrogen) atoms. The van der Waals surface area contributed by atoms with E-state index in [0.717, 1.165) is 31.2 Å². The Morgan fingerprint density at radius 3 is 2.77 bits per heavy atom. The zero-order valence-electron chi connectivity index (χ0n) is 7.33. The van der Waals surface area contributed by atoms with E-state index in [0.29, 0.717) is 0 Å². The summed E-state index contributed by atoms with van der Waals surface area (Å²) in [5.74, 6) is -0.450. The van der Waals surface area contributed by atoms with Crippen LogP contribution in [0.1, 0.15) is 24.8 Å². The fraction of sp³-hybridized carbons (Fsp3) is 0.500. The average molecular weight is 181 g/mol. The van der Waals surface area contributed by atoms with Gasteiger partial charge in [-0.05, 0) is 37.3 Å². The molecule has 1 saturated carbocycles. The third-order valence-corrected chi connectivity index (χ3v) is 2.49. The molecule has 2 nitrogen and oxygen atoms in total. The Bertz CT molecular complexity index is 292. The topological polar surface area (TPSA) is 33.1 Å². The molecule has 1 aromatic rings. The van der Waals surface area contributed by atoms with Crippen LogP contribution in [0.5, 0.6) is 0 Å². The van der Waals surface area contributed by atoms with Crippen LogP contribution in [0.3, 0.4) is 0 Å². The van der Waals surface area contributed by atoms with Gasteiger partial charge in [0.15, 0.2) is 0 Å². The van der Waals surface area contributed by atoms with Crippen molar-refractivity contribution in [1.82, 2.24) is 4.98 Å². The molecule has 0 bridgehead atoms. The highest BCUT2D eigenvalue weighted by molar-refractivity contribution is 5.11. The maximum atomic E-state index is 12.4. The number of rotatable bonds is 3. The summed E-state index contributed by atoms with van der Waals surface area (Å²) in [4.78, 5) is 3.55. The highest BCUT2D eigenvalue weighted by atomic mass is 19.1. The summed E-state index contributed by atoms with van der Waals surface area (Å²) in [6, 6.07) is 3.07. The van der Waals surface area contributed by atoms with Crippen LogP contribution in [0, 0.1) is 5.95 Å². The molecule has 0 spiro atoms. The molecule has 0 unspecified atom stereocenters. The number of nitrogens with zero attached hydrogens (tertiary/aromatic N) is 1. The summed E-state index contributed by atoms with van der Waals surface area (Å²) in [5, 5.41) is 9.55.